The average Bonchev–Trinajstić information content (AvgIpc) is 2.70. The number of aliphatic hydroxyl groups excluding tert-OH is 1. The Balaban J connectivity index is 1.93. The van der Waals surface area contributed by atoms with Crippen molar-refractivity contribution in [3.8, 4) is 11.5 Å². The Morgan fingerprint density at radius 3 is 2.57 bits per heavy atom. The minimum Gasteiger partial charge on any atom is -0.496 e. The topological polar surface area (TPSA) is 140 Å². The summed E-state index contributed by atoms with van der Waals surface area (Å²) in [6.45, 7) is 2.45. The minimum absolute atomic E-state index is 0.146. The highest BCUT2D eigenvalue weighted by Crippen LogP contribution is 2.39. The Kier molecular flexibility index (Phi) is 6.28. The third-order valence-corrected chi connectivity index (χ3v) is 5.19. The lowest BCUT2D eigenvalue weighted by Gasteiger charge is -2.33. The Bertz CT molecular complexity index is 1070. The van der Waals surface area contributed by atoms with Gasteiger partial charge in [-0.3, -0.25) is 24.0 Å². The van der Waals surface area contributed by atoms with Gasteiger partial charge in [-0.15, -0.1) is 0 Å². The first-order valence-corrected chi connectivity index (χ1v) is 9.62. The largest absolute Gasteiger partial charge is 0.496 e. The van der Waals surface area contributed by atoms with Gasteiger partial charge in [0.05, 0.1) is 26.9 Å². The lowest BCUT2D eigenvalue weighted by Crippen LogP contribution is -2.41. The molecule has 0 bridgehead atoms. The van der Waals surface area contributed by atoms with Gasteiger partial charge >= 0.3 is 5.69 Å². The van der Waals surface area contributed by atoms with Crippen molar-refractivity contribution in [2.75, 3.05) is 33.0 Å². The van der Waals surface area contributed by atoms with E-state index >= 15 is 0 Å². The molecular weight excluding hydrogens is 392 g/mol. The van der Waals surface area contributed by atoms with E-state index in [9.17, 15) is 19.5 Å². The molecule has 1 aliphatic rings. The molecule has 0 radical (unpaired) electrons. The summed E-state index contributed by atoms with van der Waals surface area (Å²) in [6.07, 6.45) is -0.295. The van der Waals surface area contributed by atoms with Crippen molar-refractivity contribution >= 4 is 11.6 Å². The number of methoxy groups -OCH3 is 2. The second kappa shape index (κ2) is 8.72. The minimum atomic E-state index is -0.906. The SMILES string of the molecule is CCCn1c(N)c(C(=O)CN2Cc3c(OC)ccc(OC)c3[C@@H](O)C2)c(=O)[nH]c1=O. The molecule has 2 aromatic rings. The Morgan fingerprint density at radius 2 is 1.93 bits per heavy atom. The number of fused-ring (bicyclic) bond motifs is 1. The summed E-state index contributed by atoms with van der Waals surface area (Å²) < 4.78 is 11.9. The number of nitrogen functional groups attached to an aromatic ring is 1. The van der Waals surface area contributed by atoms with Crippen LogP contribution in [0.1, 0.15) is 40.9 Å². The number of hydrogen-bond acceptors (Lipinski definition) is 8. The molecule has 1 atom stereocenters. The standard InChI is InChI=1S/C20H26N4O6/c1-4-7-24-18(21)17(19(27)22-20(24)28)13(26)10-23-8-11-14(29-2)5-6-15(30-3)16(11)12(25)9-23/h5-6,12,25H,4,7-10,21H2,1-3H3,(H,22,27,28)/t12-/m0/s1. The Labute approximate surface area is 172 Å². The number of rotatable bonds is 7. The van der Waals surface area contributed by atoms with Crippen molar-refractivity contribution in [1.29, 1.82) is 0 Å². The van der Waals surface area contributed by atoms with Gasteiger partial charge in [0.25, 0.3) is 5.56 Å². The fourth-order valence-corrected chi connectivity index (χ4v) is 3.85. The van der Waals surface area contributed by atoms with Gasteiger partial charge in [0.2, 0.25) is 0 Å². The van der Waals surface area contributed by atoms with E-state index in [2.05, 4.69) is 4.98 Å². The molecule has 2 heterocycles. The van der Waals surface area contributed by atoms with E-state index in [1.54, 1.807) is 17.0 Å². The van der Waals surface area contributed by atoms with Crippen LogP contribution in [-0.2, 0) is 13.1 Å². The molecule has 30 heavy (non-hydrogen) atoms. The van der Waals surface area contributed by atoms with E-state index in [1.807, 2.05) is 6.92 Å². The molecule has 0 saturated heterocycles. The van der Waals surface area contributed by atoms with Crippen molar-refractivity contribution < 1.29 is 19.4 Å². The van der Waals surface area contributed by atoms with E-state index in [4.69, 9.17) is 15.2 Å². The highest BCUT2D eigenvalue weighted by Gasteiger charge is 2.31. The fraction of sp³-hybridized carbons (Fsp3) is 0.450. The number of β-amino-alcohol motifs (C(OH)–C–C–N with tert-alkyl or cyclic N) is 1. The third-order valence-electron chi connectivity index (χ3n) is 5.19. The van der Waals surface area contributed by atoms with Crippen LogP contribution in [0, 0.1) is 0 Å². The van der Waals surface area contributed by atoms with Crippen molar-refractivity contribution in [1.82, 2.24) is 14.5 Å². The number of nitrogens with two attached hydrogens (primary N) is 1. The van der Waals surface area contributed by atoms with Crippen LogP contribution in [0.25, 0.3) is 0 Å². The third kappa shape index (κ3) is 3.83. The molecule has 4 N–H and O–H groups in total. The summed E-state index contributed by atoms with van der Waals surface area (Å²) in [7, 11) is 3.04. The van der Waals surface area contributed by atoms with Crippen LogP contribution in [0.15, 0.2) is 21.7 Å². The zero-order valence-electron chi connectivity index (χ0n) is 17.2. The maximum atomic E-state index is 12.9. The molecule has 1 aliphatic heterocycles. The lowest BCUT2D eigenvalue weighted by molar-refractivity contribution is 0.0735. The van der Waals surface area contributed by atoms with Gasteiger partial charge in [-0.1, -0.05) is 6.92 Å². The number of nitrogens with zero attached hydrogens (tertiary/aromatic N) is 2. The maximum Gasteiger partial charge on any atom is 0.329 e. The van der Waals surface area contributed by atoms with E-state index in [-0.39, 0.29) is 31.0 Å². The zero-order valence-corrected chi connectivity index (χ0v) is 17.2. The summed E-state index contributed by atoms with van der Waals surface area (Å²) in [5.74, 6) is 0.427. The van der Waals surface area contributed by atoms with Gasteiger partial charge in [-0.25, -0.2) is 4.79 Å². The van der Waals surface area contributed by atoms with Crippen molar-refractivity contribution in [3.63, 3.8) is 0 Å². The van der Waals surface area contributed by atoms with Crippen LogP contribution in [0.5, 0.6) is 11.5 Å². The van der Waals surface area contributed by atoms with E-state index in [0.29, 0.717) is 35.6 Å². The molecule has 10 nitrogen and oxygen atoms in total. The van der Waals surface area contributed by atoms with E-state index in [1.165, 1.54) is 18.8 Å². The molecule has 10 heteroatoms. The van der Waals surface area contributed by atoms with Crippen LogP contribution in [0.4, 0.5) is 5.82 Å². The number of Topliss-reactive ketones (excluding diaryl/α,β-unsaturated/α-hetero) is 1. The van der Waals surface area contributed by atoms with Crippen LogP contribution >= 0.6 is 0 Å². The quantitative estimate of drug-likeness (QED) is 0.545. The van der Waals surface area contributed by atoms with Gasteiger partial charge in [0.1, 0.15) is 22.9 Å². The normalized spacial score (nSPS) is 16.2. The van der Waals surface area contributed by atoms with Crippen molar-refractivity contribution in [2.24, 2.45) is 0 Å². The number of nitrogens with one attached hydrogen (secondary N) is 1. The first-order chi connectivity index (χ1) is 14.3. The Hall–Kier alpha value is -3.11. The number of aromatic nitrogens is 2. The lowest BCUT2D eigenvalue weighted by atomic mass is 9.95. The fourth-order valence-electron chi connectivity index (χ4n) is 3.85. The molecule has 0 aliphatic carbocycles. The van der Waals surface area contributed by atoms with Gasteiger partial charge in [0.15, 0.2) is 5.78 Å². The molecule has 162 valence electrons. The molecule has 0 spiro atoms. The number of benzene rings is 1. The van der Waals surface area contributed by atoms with Crippen LogP contribution in [0.3, 0.4) is 0 Å². The predicted molar refractivity (Wildman–Crippen MR) is 110 cm³/mol. The van der Waals surface area contributed by atoms with Gasteiger partial charge in [-0.05, 0) is 18.6 Å². The highest BCUT2D eigenvalue weighted by atomic mass is 16.5. The average molecular weight is 418 g/mol. The number of ketones is 1. The second-order valence-corrected chi connectivity index (χ2v) is 7.14. The second-order valence-electron chi connectivity index (χ2n) is 7.14. The summed E-state index contributed by atoms with van der Waals surface area (Å²) in [4.78, 5) is 41.0. The van der Waals surface area contributed by atoms with Crippen LogP contribution < -0.4 is 26.5 Å². The van der Waals surface area contributed by atoms with E-state index in [0.717, 1.165) is 0 Å². The number of aliphatic hydroxyl groups is 1. The molecule has 3 rings (SSSR count). The molecule has 0 amide bonds. The van der Waals surface area contributed by atoms with Crippen molar-refractivity contribution in [2.45, 2.75) is 32.5 Å². The number of hydrogen-bond donors (Lipinski definition) is 3. The molecule has 0 fully saturated rings. The van der Waals surface area contributed by atoms with Crippen molar-refractivity contribution in [3.05, 3.63) is 49.7 Å². The first-order valence-electron chi connectivity index (χ1n) is 9.62. The highest BCUT2D eigenvalue weighted by molar-refractivity contribution is 6.01. The first kappa shape index (κ1) is 21.6. The smallest absolute Gasteiger partial charge is 0.329 e. The van der Waals surface area contributed by atoms with Crippen LogP contribution in [-0.4, -0.2) is 52.6 Å². The number of carbonyl (C=O) groups excluding carboxylic acids is 1. The monoisotopic (exact) mass is 418 g/mol. The van der Waals surface area contributed by atoms with Crippen LogP contribution in [0.2, 0.25) is 0 Å². The van der Waals surface area contributed by atoms with Gasteiger partial charge in [0, 0.05) is 30.8 Å². The number of aromatic amines is 1. The number of ether oxygens (including phenoxy) is 2. The molecular formula is C20H26N4O6. The number of anilines is 1. The summed E-state index contributed by atoms with van der Waals surface area (Å²) in [5.41, 5.74) is 5.61. The Morgan fingerprint density at radius 1 is 1.27 bits per heavy atom. The summed E-state index contributed by atoms with van der Waals surface area (Å²) in [6, 6.07) is 3.46. The number of H-pyrrole nitrogens is 1. The summed E-state index contributed by atoms with van der Waals surface area (Å²) in [5, 5.41) is 10.7. The molecule has 1 aromatic carbocycles. The van der Waals surface area contributed by atoms with Gasteiger partial charge < -0.3 is 20.3 Å². The molecule has 0 saturated carbocycles. The maximum absolute atomic E-state index is 12.9. The molecule has 1 aromatic heterocycles. The van der Waals surface area contributed by atoms with Gasteiger partial charge in [-0.2, -0.15) is 0 Å². The predicted octanol–water partition coefficient (Wildman–Crippen LogP) is 0.278. The summed E-state index contributed by atoms with van der Waals surface area (Å²) >= 11 is 0. The number of carbonyl (C=O) groups is 1. The van der Waals surface area contributed by atoms with E-state index < -0.39 is 23.1 Å². The zero-order chi connectivity index (χ0) is 22.0. The molecule has 0 unspecified atom stereocenters.